The molecule has 0 atom stereocenters. The standard InChI is InChI=1S/C28H32N4O6S2/c1-20-8-13-24(38-4)25-26(20)39-28(30-25)32(19-22-7-5-6-14-29-22)27(33)21-9-11-23(12-10-21)40(34,35)31(15-17-36-2)16-18-37-3/h5-14H,15-19H2,1-4H3. The Kier molecular flexibility index (Phi) is 9.82. The molecular formula is C28H32N4O6S2. The summed E-state index contributed by atoms with van der Waals surface area (Å²) in [7, 11) is 0.790. The van der Waals surface area contributed by atoms with Crippen molar-refractivity contribution in [2.75, 3.05) is 52.5 Å². The Morgan fingerprint density at radius 2 is 1.65 bits per heavy atom. The smallest absolute Gasteiger partial charge is 0.260 e. The lowest BCUT2D eigenvalue weighted by Crippen LogP contribution is -2.36. The van der Waals surface area contributed by atoms with Gasteiger partial charge in [-0.1, -0.05) is 23.5 Å². The summed E-state index contributed by atoms with van der Waals surface area (Å²) < 4.78 is 44.5. The zero-order chi connectivity index (χ0) is 28.7. The molecule has 12 heteroatoms. The number of carbonyl (C=O) groups excluding carboxylic acids is 1. The lowest BCUT2D eigenvalue weighted by molar-refractivity contribution is 0.0984. The number of methoxy groups -OCH3 is 3. The van der Waals surface area contributed by atoms with Crippen LogP contribution in [0.15, 0.2) is 65.7 Å². The maximum Gasteiger partial charge on any atom is 0.260 e. The highest BCUT2D eigenvalue weighted by Crippen LogP contribution is 2.37. The van der Waals surface area contributed by atoms with E-state index < -0.39 is 10.0 Å². The van der Waals surface area contributed by atoms with E-state index in [1.807, 2.05) is 37.3 Å². The SMILES string of the molecule is COCCN(CCOC)S(=O)(=O)c1ccc(C(=O)N(Cc2ccccn2)c2nc3c(OC)ccc(C)c3s2)cc1. The minimum Gasteiger partial charge on any atom is -0.494 e. The van der Waals surface area contributed by atoms with E-state index in [-0.39, 0.29) is 43.7 Å². The first-order valence-electron chi connectivity index (χ1n) is 12.5. The Balaban J connectivity index is 1.69. The monoisotopic (exact) mass is 584 g/mol. The van der Waals surface area contributed by atoms with Gasteiger partial charge in [0.2, 0.25) is 10.0 Å². The molecule has 212 valence electrons. The molecule has 0 aliphatic rings. The molecule has 2 aromatic heterocycles. The van der Waals surface area contributed by atoms with Gasteiger partial charge in [-0.15, -0.1) is 0 Å². The van der Waals surface area contributed by atoms with Crippen molar-refractivity contribution >= 4 is 42.6 Å². The largest absolute Gasteiger partial charge is 0.494 e. The third-order valence-corrected chi connectivity index (χ3v) is 9.39. The van der Waals surface area contributed by atoms with Crippen molar-refractivity contribution in [2.24, 2.45) is 0 Å². The number of pyridine rings is 1. The van der Waals surface area contributed by atoms with E-state index in [0.29, 0.717) is 27.7 Å². The van der Waals surface area contributed by atoms with E-state index in [1.54, 1.807) is 18.2 Å². The fourth-order valence-electron chi connectivity index (χ4n) is 4.07. The normalized spacial score (nSPS) is 11.7. The topological polar surface area (TPSA) is 111 Å². The van der Waals surface area contributed by atoms with Gasteiger partial charge in [-0.25, -0.2) is 13.4 Å². The number of amides is 1. The number of ether oxygens (including phenoxy) is 3. The van der Waals surface area contributed by atoms with Gasteiger partial charge in [0.05, 0.1) is 42.2 Å². The Morgan fingerprint density at radius 3 is 2.25 bits per heavy atom. The number of thiazole rings is 1. The number of fused-ring (bicyclic) bond motifs is 1. The van der Waals surface area contributed by atoms with Crippen LogP contribution in [-0.4, -0.2) is 76.2 Å². The van der Waals surface area contributed by atoms with E-state index in [4.69, 9.17) is 19.2 Å². The summed E-state index contributed by atoms with van der Waals surface area (Å²) in [4.78, 5) is 24.7. The minimum absolute atomic E-state index is 0.0767. The molecule has 0 unspecified atom stereocenters. The maximum atomic E-state index is 13.9. The number of aryl methyl sites for hydroxylation is 1. The molecule has 4 aromatic rings. The number of hydrogen-bond acceptors (Lipinski definition) is 9. The van der Waals surface area contributed by atoms with Crippen molar-refractivity contribution in [1.29, 1.82) is 0 Å². The van der Waals surface area contributed by atoms with Gasteiger partial charge in [-0.3, -0.25) is 14.7 Å². The first-order chi connectivity index (χ1) is 19.3. The second kappa shape index (κ2) is 13.3. The number of aromatic nitrogens is 2. The highest BCUT2D eigenvalue weighted by Gasteiger charge is 2.27. The van der Waals surface area contributed by atoms with Gasteiger partial charge in [0, 0.05) is 39.1 Å². The summed E-state index contributed by atoms with van der Waals surface area (Å²) in [6, 6.07) is 15.2. The van der Waals surface area contributed by atoms with Gasteiger partial charge in [0.25, 0.3) is 5.91 Å². The molecule has 0 aliphatic carbocycles. The number of anilines is 1. The average Bonchev–Trinajstić information content (AvgIpc) is 3.42. The van der Waals surface area contributed by atoms with E-state index >= 15 is 0 Å². The van der Waals surface area contributed by atoms with Crippen LogP contribution in [0.25, 0.3) is 10.2 Å². The van der Waals surface area contributed by atoms with Crippen molar-refractivity contribution in [3.05, 3.63) is 77.6 Å². The number of hydrogen-bond donors (Lipinski definition) is 0. The van der Waals surface area contributed by atoms with Gasteiger partial charge >= 0.3 is 0 Å². The summed E-state index contributed by atoms with van der Waals surface area (Å²) >= 11 is 1.39. The predicted octanol–water partition coefficient (Wildman–Crippen LogP) is 4.14. The van der Waals surface area contributed by atoms with Crippen LogP contribution in [-0.2, 0) is 26.0 Å². The third-order valence-electron chi connectivity index (χ3n) is 6.26. The molecule has 0 saturated heterocycles. The van der Waals surface area contributed by atoms with Crippen LogP contribution in [0.5, 0.6) is 5.75 Å². The summed E-state index contributed by atoms with van der Waals surface area (Å²) in [6.45, 7) is 3.02. The zero-order valence-corrected chi connectivity index (χ0v) is 24.5. The zero-order valence-electron chi connectivity index (χ0n) is 22.9. The predicted molar refractivity (Wildman–Crippen MR) is 155 cm³/mol. The molecule has 0 N–H and O–H groups in total. The van der Waals surface area contributed by atoms with Crippen LogP contribution in [0.2, 0.25) is 0 Å². The Morgan fingerprint density at radius 1 is 0.950 bits per heavy atom. The van der Waals surface area contributed by atoms with Gasteiger partial charge in [-0.2, -0.15) is 4.31 Å². The molecule has 0 aliphatic heterocycles. The lowest BCUT2D eigenvalue weighted by Gasteiger charge is -2.22. The maximum absolute atomic E-state index is 13.9. The molecular weight excluding hydrogens is 552 g/mol. The van der Waals surface area contributed by atoms with Crippen LogP contribution in [0.3, 0.4) is 0 Å². The van der Waals surface area contributed by atoms with E-state index in [9.17, 15) is 13.2 Å². The summed E-state index contributed by atoms with van der Waals surface area (Å²) in [6.07, 6.45) is 1.67. The number of nitrogens with zero attached hydrogens (tertiary/aromatic N) is 4. The highest BCUT2D eigenvalue weighted by atomic mass is 32.2. The number of rotatable bonds is 13. The highest BCUT2D eigenvalue weighted by molar-refractivity contribution is 7.89. The summed E-state index contributed by atoms with van der Waals surface area (Å²) in [5, 5.41) is 0.486. The van der Waals surface area contributed by atoms with Crippen LogP contribution >= 0.6 is 11.3 Å². The van der Waals surface area contributed by atoms with Crippen LogP contribution < -0.4 is 9.64 Å². The second-order valence-corrected chi connectivity index (χ2v) is 11.8. The van der Waals surface area contributed by atoms with Gasteiger partial charge in [0.15, 0.2) is 5.13 Å². The molecule has 2 heterocycles. The van der Waals surface area contributed by atoms with Crippen LogP contribution in [0, 0.1) is 6.92 Å². The molecule has 40 heavy (non-hydrogen) atoms. The Hall–Kier alpha value is -3.42. The minimum atomic E-state index is -3.82. The number of carbonyl (C=O) groups is 1. The third kappa shape index (κ3) is 6.48. The first-order valence-corrected chi connectivity index (χ1v) is 14.8. The first kappa shape index (κ1) is 29.6. The van der Waals surface area contributed by atoms with E-state index in [2.05, 4.69) is 4.98 Å². The molecule has 0 spiro atoms. The van der Waals surface area contributed by atoms with Crippen molar-refractivity contribution in [2.45, 2.75) is 18.4 Å². The van der Waals surface area contributed by atoms with Crippen molar-refractivity contribution in [3.8, 4) is 5.75 Å². The number of benzene rings is 2. The quantitative estimate of drug-likeness (QED) is 0.231. The fraction of sp³-hybridized carbons (Fsp3) is 0.321. The molecule has 0 bridgehead atoms. The van der Waals surface area contributed by atoms with Crippen LogP contribution in [0.4, 0.5) is 5.13 Å². The second-order valence-electron chi connectivity index (χ2n) is 8.89. The summed E-state index contributed by atoms with van der Waals surface area (Å²) in [5.74, 6) is 0.287. The van der Waals surface area contributed by atoms with E-state index in [0.717, 1.165) is 10.3 Å². The fourth-order valence-corrected chi connectivity index (χ4v) is 6.53. The van der Waals surface area contributed by atoms with Crippen LogP contribution in [0.1, 0.15) is 21.6 Å². The lowest BCUT2D eigenvalue weighted by atomic mass is 10.2. The molecule has 10 nitrogen and oxygen atoms in total. The Bertz CT molecular complexity index is 1530. The molecule has 0 radical (unpaired) electrons. The van der Waals surface area contributed by atoms with Gasteiger partial charge in [0.1, 0.15) is 11.3 Å². The van der Waals surface area contributed by atoms with Crippen molar-refractivity contribution in [3.63, 3.8) is 0 Å². The molecule has 1 amide bonds. The van der Waals surface area contributed by atoms with Gasteiger partial charge < -0.3 is 14.2 Å². The number of sulfonamides is 1. The van der Waals surface area contributed by atoms with E-state index in [1.165, 1.54) is 54.1 Å². The molecule has 0 fully saturated rings. The summed E-state index contributed by atoms with van der Waals surface area (Å²) in [5.41, 5.74) is 2.70. The average molecular weight is 585 g/mol. The van der Waals surface area contributed by atoms with Crippen molar-refractivity contribution in [1.82, 2.24) is 14.3 Å². The Labute approximate surface area is 238 Å². The molecule has 4 rings (SSSR count). The van der Waals surface area contributed by atoms with Crippen molar-refractivity contribution < 1.29 is 27.4 Å². The molecule has 2 aromatic carbocycles. The molecule has 0 saturated carbocycles. The van der Waals surface area contributed by atoms with Gasteiger partial charge in [-0.05, 0) is 55.0 Å².